The lowest BCUT2D eigenvalue weighted by Gasteiger charge is -2.11. The number of fused-ring (bicyclic) bond motifs is 3. The molecular formula is C19H13NO4. The summed E-state index contributed by atoms with van der Waals surface area (Å²) in [5, 5.41) is 12.2. The van der Waals surface area contributed by atoms with Gasteiger partial charge in [0.05, 0.1) is 5.39 Å². The summed E-state index contributed by atoms with van der Waals surface area (Å²) in [7, 11) is 1.52. The number of hydrogen-bond acceptors (Lipinski definition) is 4. The number of nitrogens with zero attached hydrogens (tertiary/aromatic N) is 1. The summed E-state index contributed by atoms with van der Waals surface area (Å²) in [6.45, 7) is 0. The Morgan fingerprint density at radius 3 is 2.25 bits per heavy atom. The molecule has 0 aliphatic heterocycles. The van der Waals surface area contributed by atoms with Crippen molar-refractivity contribution in [1.29, 1.82) is 0 Å². The zero-order valence-corrected chi connectivity index (χ0v) is 12.8. The van der Waals surface area contributed by atoms with Gasteiger partial charge in [0.15, 0.2) is 0 Å². The Labute approximate surface area is 136 Å². The molecule has 0 bridgehead atoms. The van der Waals surface area contributed by atoms with Crippen LogP contribution < -0.4 is 11.2 Å². The van der Waals surface area contributed by atoms with Gasteiger partial charge in [-0.1, -0.05) is 48.5 Å². The molecule has 4 rings (SSSR count). The number of aromatic hydroxyl groups is 1. The maximum absolute atomic E-state index is 12.4. The lowest BCUT2D eigenvalue weighted by atomic mass is 10.0. The minimum Gasteiger partial charge on any atom is -0.506 e. The molecule has 5 heteroatoms. The third kappa shape index (κ3) is 1.88. The SMILES string of the molecule is Cn1c(=O)c2ccccc2c2c(O)c(-c3ccccc3)c(=O)oc21. The molecule has 2 aromatic carbocycles. The average molecular weight is 319 g/mol. The van der Waals surface area contributed by atoms with Crippen LogP contribution in [0.1, 0.15) is 0 Å². The second-order valence-corrected chi connectivity index (χ2v) is 5.57. The molecule has 0 amide bonds. The third-order valence-electron chi connectivity index (χ3n) is 4.18. The Balaban J connectivity index is 2.29. The second kappa shape index (κ2) is 5.09. The molecule has 5 nitrogen and oxygen atoms in total. The van der Waals surface area contributed by atoms with Crippen molar-refractivity contribution in [2.75, 3.05) is 0 Å². The number of aryl methyl sites for hydroxylation is 1. The van der Waals surface area contributed by atoms with Gasteiger partial charge < -0.3 is 9.52 Å². The predicted molar refractivity (Wildman–Crippen MR) is 92.3 cm³/mol. The summed E-state index contributed by atoms with van der Waals surface area (Å²) in [4.78, 5) is 24.9. The second-order valence-electron chi connectivity index (χ2n) is 5.57. The average Bonchev–Trinajstić information content (AvgIpc) is 2.60. The fraction of sp³-hybridized carbons (Fsp3) is 0.0526. The minimum absolute atomic E-state index is 0.0564. The molecule has 0 saturated heterocycles. The molecule has 2 heterocycles. The normalized spacial score (nSPS) is 11.2. The number of aromatic nitrogens is 1. The summed E-state index contributed by atoms with van der Waals surface area (Å²) >= 11 is 0. The lowest BCUT2D eigenvalue weighted by Crippen LogP contribution is -2.19. The molecule has 24 heavy (non-hydrogen) atoms. The van der Waals surface area contributed by atoms with Gasteiger partial charge in [0.25, 0.3) is 5.56 Å². The van der Waals surface area contributed by atoms with E-state index < -0.39 is 5.63 Å². The zero-order valence-electron chi connectivity index (χ0n) is 12.8. The summed E-state index contributed by atoms with van der Waals surface area (Å²) in [5.74, 6) is -0.181. The van der Waals surface area contributed by atoms with Crippen molar-refractivity contribution in [3.63, 3.8) is 0 Å². The molecule has 0 fully saturated rings. The van der Waals surface area contributed by atoms with E-state index in [0.717, 1.165) is 0 Å². The number of benzene rings is 2. The van der Waals surface area contributed by atoms with Crippen LogP contribution in [0, 0.1) is 0 Å². The Morgan fingerprint density at radius 2 is 1.54 bits per heavy atom. The fourth-order valence-electron chi connectivity index (χ4n) is 3.01. The molecule has 4 aromatic rings. The van der Waals surface area contributed by atoms with E-state index in [4.69, 9.17) is 4.42 Å². The molecule has 0 atom stereocenters. The topological polar surface area (TPSA) is 72.4 Å². The lowest BCUT2D eigenvalue weighted by molar-refractivity contribution is 0.466. The number of pyridine rings is 1. The van der Waals surface area contributed by atoms with E-state index in [0.29, 0.717) is 21.7 Å². The van der Waals surface area contributed by atoms with Crippen LogP contribution in [0.2, 0.25) is 0 Å². The van der Waals surface area contributed by atoms with Crippen molar-refractivity contribution < 1.29 is 9.52 Å². The largest absolute Gasteiger partial charge is 0.506 e. The van der Waals surface area contributed by atoms with Gasteiger partial charge in [-0.2, -0.15) is 0 Å². The van der Waals surface area contributed by atoms with Crippen LogP contribution >= 0.6 is 0 Å². The van der Waals surface area contributed by atoms with Crippen molar-refractivity contribution in [1.82, 2.24) is 4.57 Å². The van der Waals surface area contributed by atoms with E-state index in [2.05, 4.69) is 0 Å². The maximum atomic E-state index is 12.4. The van der Waals surface area contributed by atoms with E-state index in [1.807, 2.05) is 6.07 Å². The third-order valence-corrected chi connectivity index (χ3v) is 4.18. The van der Waals surface area contributed by atoms with Gasteiger partial charge in [0.2, 0.25) is 5.71 Å². The monoisotopic (exact) mass is 319 g/mol. The van der Waals surface area contributed by atoms with Gasteiger partial charge in [-0.3, -0.25) is 9.36 Å². The summed E-state index contributed by atoms with van der Waals surface area (Å²) in [6, 6.07) is 15.8. The molecule has 1 N–H and O–H groups in total. The van der Waals surface area contributed by atoms with E-state index in [1.165, 1.54) is 11.6 Å². The van der Waals surface area contributed by atoms with E-state index in [1.54, 1.807) is 48.5 Å². The molecule has 0 radical (unpaired) electrons. The molecule has 0 unspecified atom stereocenters. The van der Waals surface area contributed by atoms with Gasteiger partial charge in [-0.05, 0) is 11.6 Å². The first-order valence-electron chi connectivity index (χ1n) is 7.42. The smallest absolute Gasteiger partial charge is 0.349 e. The van der Waals surface area contributed by atoms with Gasteiger partial charge >= 0.3 is 5.63 Å². The molecule has 2 aromatic heterocycles. The van der Waals surface area contributed by atoms with Gasteiger partial charge in [-0.25, -0.2) is 4.79 Å². The van der Waals surface area contributed by atoms with E-state index in [9.17, 15) is 14.7 Å². The van der Waals surface area contributed by atoms with Crippen LogP contribution in [0.5, 0.6) is 5.75 Å². The highest BCUT2D eigenvalue weighted by atomic mass is 16.4. The first-order valence-corrected chi connectivity index (χ1v) is 7.42. The van der Waals surface area contributed by atoms with Gasteiger partial charge in [0, 0.05) is 17.8 Å². The number of rotatable bonds is 1. The Bertz CT molecular complexity index is 1200. The van der Waals surface area contributed by atoms with Gasteiger partial charge in [0.1, 0.15) is 11.3 Å². The van der Waals surface area contributed by atoms with Crippen molar-refractivity contribution in [2.24, 2.45) is 7.05 Å². The Kier molecular flexibility index (Phi) is 3.03. The van der Waals surface area contributed by atoms with Crippen LogP contribution in [0.15, 0.2) is 68.6 Å². The first-order chi connectivity index (χ1) is 11.6. The minimum atomic E-state index is -0.684. The van der Waals surface area contributed by atoms with E-state index in [-0.39, 0.29) is 22.6 Å². The molecule has 0 aliphatic rings. The van der Waals surface area contributed by atoms with Crippen LogP contribution in [0.3, 0.4) is 0 Å². The number of hydrogen-bond donors (Lipinski definition) is 1. The fourth-order valence-corrected chi connectivity index (χ4v) is 3.01. The highest BCUT2D eigenvalue weighted by Crippen LogP contribution is 2.36. The Hall–Kier alpha value is -3.34. The van der Waals surface area contributed by atoms with Crippen LogP contribution in [-0.4, -0.2) is 9.67 Å². The van der Waals surface area contributed by atoms with Crippen LogP contribution in [0.25, 0.3) is 33.0 Å². The van der Waals surface area contributed by atoms with Crippen LogP contribution in [0.4, 0.5) is 0 Å². The van der Waals surface area contributed by atoms with Crippen LogP contribution in [-0.2, 0) is 7.05 Å². The zero-order chi connectivity index (χ0) is 16.8. The first kappa shape index (κ1) is 14.3. The maximum Gasteiger partial charge on any atom is 0.349 e. The predicted octanol–water partition coefficient (Wildman–Crippen LogP) is 3.02. The van der Waals surface area contributed by atoms with Gasteiger partial charge in [-0.15, -0.1) is 0 Å². The van der Waals surface area contributed by atoms with E-state index >= 15 is 0 Å². The summed E-state index contributed by atoms with van der Waals surface area (Å²) in [6.07, 6.45) is 0. The highest BCUT2D eigenvalue weighted by molar-refractivity contribution is 6.08. The summed E-state index contributed by atoms with van der Waals surface area (Å²) < 4.78 is 6.64. The standard InChI is InChI=1S/C19H13NO4/c1-20-17(22)13-10-6-5-9-12(13)15-16(21)14(19(23)24-18(15)20)11-7-3-2-4-8-11/h2-10,21H,1H3. The molecule has 118 valence electrons. The Morgan fingerprint density at radius 1 is 0.917 bits per heavy atom. The summed E-state index contributed by atoms with van der Waals surface area (Å²) in [5.41, 5.74) is -0.263. The van der Waals surface area contributed by atoms with Crippen molar-refractivity contribution in [3.8, 4) is 16.9 Å². The van der Waals surface area contributed by atoms with Crippen molar-refractivity contribution in [3.05, 3.63) is 75.4 Å². The molecule has 0 spiro atoms. The van der Waals surface area contributed by atoms with Crippen molar-refractivity contribution in [2.45, 2.75) is 0 Å². The highest BCUT2D eigenvalue weighted by Gasteiger charge is 2.20. The molecule has 0 aliphatic carbocycles. The quantitative estimate of drug-likeness (QED) is 0.547. The molecule has 0 saturated carbocycles. The van der Waals surface area contributed by atoms with Crippen molar-refractivity contribution >= 4 is 21.9 Å². The molecular weight excluding hydrogens is 306 g/mol.